The average Bonchev–Trinajstić information content (AvgIpc) is 2.69. The van der Waals surface area contributed by atoms with Gasteiger partial charge in [-0.15, -0.1) is 0 Å². The highest BCUT2D eigenvalue weighted by molar-refractivity contribution is 6.30. The number of nitrogens with zero attached hydrogens (tertiary/aromatic N) is 2. The van der Waals surface area contributed by atoms with Crippen molar-refractivity contribution in [2.75, 3.05) is 20.2 Å². The van der Waals surface area contributed by atoms with Gasteiger partial charge in [0, 0.05) is 24.2 Å². The van der Waals surface area contributed by atoms with Gasteiger partial charge in [0.2, 0.25) is 0 Å². The molecule has 0 aliphatic heterocycles. The van der Waals surface area contributed by atoms with Crippen LogP contribution in [0.1, 0.15) is 17.3 Å². The lowest BCUT2D eigenvalue weighted by atomic mass is 10.1. The third-order valence-electron chi connectivity index (χ3n) is 4.39. The quantitative estimate of drug-likeness (QED) is 0.643. The number of aromatic amines is 1. The van der Waals surface area contributed by atoms with E-state index in [1.165, 1.54) is 9.47 Å². The summed E-state index contributed by atoms with van der Waals surface area (Å²) < 4.78 is 6.99. The summed E-state index contributed by atoms with van der Waals surface area (Å²) in [5.74, 6) is 0.461. The summed E-state index contributed by atoms with van der Waals surface area (Å²) in [6, 6.07) is 11.9. The number of likely N-dealkylation sites (N-methyl/N-ethyl adjacent to an activating group) is 1. The molecule has 1 aromatic heterocycles. The van der Waals surface area contributed by atoms with Gasteiger partial charge >= 0.3 is 11.1 Å². The van der Waals surface area contributed by atoms with E-state index in [-0.39, 0.29) is 5.91 Å². The highest BCUT2D eigenvalue weighted by Crippen LogP contribution is 2.16. The van der Waals surface area contributed by atoms with E-state index in [1.807, 2.05) is 0 Å². The van der Waals surface area contributed by atoms with Gasteiger partial charge in [-0.05, 0) is 49.4 Å². The number of hydrogen-bond acceptors (Lipinski definition) is 4. The fraction of sp³-hybridized carbons (Fsp3) is 0.250. The predicted octanol–water partition coefficient (Wildman–Crippen LogP) is 2.51. The first kappa shape index (κ1) is 19.7. The molecule has 1 amide bonds. The summed E-state index contributed by atoms with van der Waals surface area (Å²) in [7, 11) is 1.67. The van der Waals surface area contributed by atoms with Crippen molar-refractivity contribution in [1.82, 2.24) is 14.5 Å². The number of fused-ring (bicyclic) bond motifs is 1. The monoisotopic (exact) mass is 401 g/mol. The van der Waals surface area contributed by atoms with E-state index < -0.39 is 11.1 Å². The smallest absolute Gasteiger partial charge is 0.316 e. The first-order valence-corrected chi connectivity index (χ1v) is 9.19. The van der Waals surface area contributed by atoms with Crippen molar-refractivity contribution in [3.05, 3.63) is 73.8 Å². The van der Waals surface area contributed by atoms with Gasteiger partial charge in [0.25, 0.3) is 5.91 Å². The Morgan fingerprint density at radius 1 is 1.18 bits per heavy atom. The molecule has 1 heterocycles. The van der Waals surface area contributed by atoms with Crippen LogP contribution in [0, 0.1) is 0 Å². The van der Waals surface area contributed by atoms with Gasteiger partial charge in [0.05, 0.1) is 17.6 Å². The molecule has 0 aliphatic carbocycles. The molecule has 0 aliphatic rings. The minimum absolute atomic E-state index is 0.211. The average molecular weight is 402 g/mol. The van der Waals surface area contributed by atoms with Crippen molar-refractivity contribution in [3.63, 3.8) is 0 Å². The van der Waals surface area contributed by atoms with Crippen LogP contribution >= 0.6 is 11.6 Å². The van der Waals surface area contributed by atoms with E-state index >= 15 is 0 Å². The van der Waals surface area contributed by atoms with Crippen molar-refractivity contribution < 1.29 is 9.53 Å². The number of H-pyrrole nitrogens is 1. The lowest BCUT2D eigenvalue weighted by Gasteiger charge is -2.18. The van der Waals surface area contributed by atoms with Crippen molar-refractivity contribution in [2.45, 2.75) is 13.5 Å². The first-order chi connectivity index (χ1) is 13.4. The van der Waals surface area contributed by atoms with E-state index in [1.54, 1.807) is 56.4 Å². The molecule has 28 heavy (non-hydrogen) atoms. The molecule has 0 unspecified atom stereocenters. The highest BCUT2D eigenvalue weighted by atomic mass is 35.5. The fourth-order valence-electron chi connectivity index (χ4n) is 2.88. The Balaban J connectivity index is 1.73. The first-order valence-electron chi connectivity index (χ1n) is 8.81. The number of halogens is 1. The Hall–Kier alpha value is -3.06. The molecular weight excluding hydrogens is 382 g/mol. The molecular formula is C20H20ClN3O4. The molecule has 7 nitrogen and oxygen atoms in total. The number of ether oxygens (including phenoxy) is 1. The predicted molar refractivity (Wildman–Crippen MR) is 108 cm³/mol. The lowest BCUT2D eigenvalue weighted by Crippen LogP contribution is -2.36. The maximum absolute atomic E-state index is 12.7. The summed E-state index contributed by atoms with van der Waals surface area (Å²) in [5, 5.41) is 0.627. The maximum atomic E-state index is 12.7. The number of amides is 1. The summed E-state index contributed by atoms with van der Waals surface area (Å²) in [4.78, 5) is 40.5. The second kappa shape index (κ2) is 8.31. The molecule has 8 heteroatoms. The number of carbonyl (C=O) groups is 1. The van der Waals surface area contributed by atoms with Crippen LogP contribution < -0.4 is 15.9 Å². The zero-order valence-electron chi connectivity index (χ0n) is 15.6. The van der Waals surface area contributed by atoms with Crippen molar-refractivity contribution >= 4 is 28.5 Å². The van der Waals surface area contributed by atoms with Gasteiger partial charge < -0.3 is 19.2 Å². The van der Waals surface area contributed by atoms with Crippen molar-refractivity contribution in [3.8, 4) is 5.75 Å². The van der Waals surface area contributed by atoms with Crippen LogP contribution in [0.5, 0.6) is 5.75 Å². The minimum atomic E-state index is -0.705. The number of hydrogen-bond donors (Lipinski definition) is 1. The summed E-state index contributed by atoms with van der Waals surface area (Å²) in [6.45, 7) is 2.86. The molecule has 0 saturated carbocycles. The molecule has 0 spiro atoms. The molecule has 0 fully saturated rings. The highest BCUT2D eigenvalue weighted by Gasteiger charge is 2.14. The van der Waals surface area contributed by atoms with Crippen LogP contribution in [0.15, 0.2) is 52.1 Å². The van der Waals surface area contributed by atoms with Crippen LogP contribution in [0.3, 0.4) is 0 Å². The van der Waals surface area contributed by atoms with Gasteiger partial charge in [-0.2, -0.15) is 0 Å². The van der Waals surface area contributed by atoms with Gasteiger partial charge in [-0.3, -0.25) is 14.4 Å². The van der Waals surface area contributed by atoms with E-state index in [9.17, 15) is 14.4 Å². The standard InChI is InChI=1S/C20H20ClN3O4/c1-3-24-17-9-4-13(12-16(17)22-18(25)20(24)27)19(26)23(2)10-11-28-15-7-5-14(21)6-8-15/h4-9,12H,3,10-11H2,1-2H3,(H,22,25). The molecule has 0 radical (unpaired) electrons. The van der Waals surface area contributed by atoms with Gasteiger partial charge in [0.1, 0.15) is 12.4 Å². The van der Waals surface area contributed by atoms with Gasteiger partial charge in [-0.25, -0.2) is 0 Å². The summed E-state index contributed by atoms with van der Waals surface area (Å²) in [5.41, 5.74) is 0.133. The summed E-state index contributed by atoms with van der Waals surface area (Å²) in [6.07, 6.45) is 0. The van der Waals surface area contributed by atoms with Crippen LogP contribution in [0.25, 0.3) is 11.0 Å². The Bertz CT molecular complexity index is 1120. The number of aromatic nitrogens is 2. The van der Waals surface area contributed by atoms with Crippen LogP contribution in [-0.4, -0.2) is 40.6 Å². The fourth-order valence-corrected chi connectivity index (χ4v) is 3.01. The normalized spacial score (nSPS) is 10.8. The van der Waals surface area contributed by atoms with Crippen LogP contribution in [0.2, 0.25) is 5.02 Å². The minimum Gasteiger partial charge on any atom is -0.492 e. The Kier molecular flexibility index (Phi) is 5.84. The van der Waals surface area contributed by atoms with Gasteiger partial charge in [-0.1, -0.05) is 11.6 Å². The molecule has 1 N–H and O–H groups in total. The molecule has 0 atom stereocenters. The lowest BCUT2D eigenvalue weighted by molar-refractivity contribution is 0.0774. The molecule has 3 rings (SSSR count). The van der Waals surface area contributed by atoms with Crippen molar-refractivity contribution in [2.24, 2.45) is 0 Å². The topological polar surface area (TPSA) is 84.4 Å². The number of rotatable bonds is 6. The molecule has 3 aromatic rings. The summed E-state index contributed by atoms with van der Waals surface area (Å²) >= 11 is 5.84. The number of aryl methyl sites for hydroxylation is 1. The second-order valence-electron chi connectivity index (χ2n) is 6.26. The zero-order chi connectivity index (χ0) is 20.3. The Morgan fingerprint density at radius 3 is 2.57 bits per heavy atom. The van der Waals surface area contributed by atoms with E-state index in [0.717, 1.165) is 0 Å². The zero-order valence-corrected chi connectivity index (χ0v) is 16.3. The van der Waals surface area contributed by atoms with E-state index in [4.69, 9.17) is 16.3 Å². The third kappa shape index (κ3) is 4.09. The molecule has 146 valence electrons. The van der Waals surface area contributed by atoms with E-state index in [0.29, 0.717) is 47.1 Å². The second-order valence-corrected chi connectivity index (χ2v) is 6.70. The van der Waals surface area contributed by atoms with Crippen molar-refractivity contribution in [1.29, 1.82) is 0 Å². The molecule has 0 bridgehead atoms. The number of benzene rings is 2. The Morgan fingerprint density at radius 2 is 1.89 bits per heavy atom. The SMILES string of the molecule is CCn1c(=O)c(=O)[nH]c2cc(C(=O)N(C)CCOc3ccc(Cl)cc3)ccc21. The third-order valence-corrected chi connectivity index (χ3v) is 4.65. The number of carbonyl (C=O) groups excluding carboxylic acids is 1. The van der Waals surface area contributed by atoms with Crippen LogP contribution in [-0.2, 0) is 6.54 Å². The number of nitrogens with one attached hydrogen (secondary N) is 1. The van der Waals surface area contributed by atoms with E-state index in [2.05, 4.69) is 4.98 Å². The largest absolute Gasteiger partial charge is 0.492 e. The maximum Gasteiger partial charge on any atom is 0.316 e. The molecule has 2 aromatic carbocycles. The van der Waals surface area contributed by atoms with Crippen LogP contribution in [0.4, 0.5) is 0 Å². The Labute approximate surface area is 166 Å². The molecule has 0 saturated heterocycles. The van der Waals surface area contributed by atoms with Gasteiger partial charge in [0.15, 0.2) is 0 Å².